The molecule has 0 bridgehead atoms. The van der Waals surface area contributed by atoms with Gasteiger partial charge in [0.25, 0.3) is 5.91 Å². The molecule has 34 heavy (non-hydrogen) atoms. The van der Waals surface area contributed by atoms with E-state index in [0.717, 1.165) is 0 Å². The van der Waals surface area contributed by atoms with Crippen LogP contribution in [-0.4, -0.2) is 19.1 Å². The Hall–Kier alpha value is -4.31. The Morgan fingerprint density at radius 1 is 0.971 bits per heavy atom. The number of benzene rings is 3. The largest absolute Gasteiger partial charge is 0.494 e. The quantitative estimate of drug-likeness (QED) is 0.308. The third-order valence-electron chi connectivity index (χ3n) is 4.69. The van der Waals surface area contributed by atoms with E-state index < -0.39 is 5.91 Å². The van der Waals surface area contributed by atoms with Crippen molar-refractivity contribution in [3.63, 3.8) is 0 Å². The van der Waals surface area contributed by atoms with Crippen LogP contribution in [0.3, 0.4) is 0 Å². The van der Waals surface area contributed by atoms with Crippen molar-refractivity contribution in [1.29, 1.82) is 5.26 Å². The maximum absolute atomic E-state index is 13.9. The van der Waals surface area contributed by atoms with Crippen molar-refractivity contribution < 1.29 is 23.4 Å². The zero-order valence-corrected chi connectivity index (χ0v) is 19.0. The highest BCUT2D eigenvalue weighted by Gasteiger charge is 2.12. The lowest BCUT2D eigenvalue weighted by atomic mass is 10.1. The topological polar surface area (TPSA) is 80.6 Å². The average molecular weight is 461 g/mol. The Morgan fingerprint density at radius 2 is 1.76 bits per heavy atom. The summed E-state index contributed by atoms with van der Waals surface area (Å²) in [6, 6.07) is 20.3. The van der Waals surface area contributed by atoms with E-state index >= 15 is 0 Å². The van der Waals surface area contributed by atoms with Crippen molar-refractivity contribution in [3.8, 4) is 23.3 Å². The third kappa shape index (κ3) is 6.59. The van der Waals surface area contributed by atoms with E-state index in [1.807, 2.05) is 19.9 Å². The van der Waals surface area contributed by atoms with Gasteiger partial charge in [0.15, 0.2) is 11.5 Å². The minimum atomic E-state index is -0.547. The van der Waals surface area contributed by atoms with Gasteiger partial charge in [-0.1, -0.05) is 30.3 Å². The summed E-state index contributed by atoms with van der Waals surface area (Å²) in [4.78, 5) is 12.7. The molecule has 0 saturated carbocycles. The molecule has 1 amide bonds. The maximum atomic E-state index is 13.9. The number of carbonyl (C=O) groups excluding carboxylic acids is 1. The molecule has 1 N–H and O–H groups in total. The second-order valence-corrected chi connectivity index (χ2v) is 7.10. The molecule has 3 aromatic carbocycles. The van der Waals surface area contributed by atoms with E-state index in [4.69, 9.17) is 14.2 Å². The Balaban J connectivity index is 1.77. The van der Waals surface area contributed by atoms with Gasteiger partial charge in [-0.2, -0.15) is 5.26 Å². The molecule has 0 fully saturated rings. The van der Waals surface area contributed by atoms with Gasteiger partial charge in [0.2, 0.25) is 0 Å². The molecule has 174 valence electrons. The van der Waals surface area contributed by atoms with E-state index in [9.17, 15) is 14.4 Å². The molecule has 0 aliphatic rings. The Labute approximate surface area is 198 Å². The molecule has 3 rings (SSSR count). The molecule has 0 heterocycles. The SMILES string of the molecule is CCOc1cccc(NC(=O)/C(C#N)=C\c2ccc(OCc3ccccc3F)c(OCC)c2)c1. The highest BCUT2D eigenvalue weighted by Crippen LogP contribution is 2.30. The summed E-state index contributed by atoms with van der Waals surface area (Å²) >= 11 is 0. The highest BCUT2D eigenvalue weighted by atomic mass is 19.1. The Morgan fingerprint density at radius 3 is 2.50 bits per heavy atom. The molecule has 7 heteroatoms. The van der Waals surface area contributed by atoms with Crippen molar-refractivity contribution in [2.24, 2.45) is 0 Å². The number of anilines is 1. The van der Waals surface area contributed by atoms with Crippen LogP contribution < -0.4 is 19.5 Å². The minimum Gasteiger partial charge on any atom is -0.494 e. The van der Waals surface area contributed by atoms with Gasteiger partial charge in [-0.05, 0) is 55.8 Å². The van der Waals surface area contributed by atoms with Crippen LogP contribution in [0, 0.1) is 17.1 Å². The molecular formula is C27H25FN2O4. The second-order valence-electron chi connectivity index (χ2n) is 7.10. The monoisotopic (exact) mass is 460 g/mol. The highest BCUT2D eigenvalue weighted by molar-refractivity contribution is 6.09. The van der Waals surface area contributed by atoms with Crippen molar-refractivity contribution >= 4 is 17.7 Å². The van der Waals surface area contributed by atoms with Crippen molar-refractivity contribution in [2.45, 2.75) is 20.5 Å². The number of hydrogen-bond donors (Lipinski definition) is 1. The van der Waals surface area contributed by atoms with Crippen LogP contribution in [0.15, 0.2) is 72.3 Å². The molecule has 3 aromatic rings. The number of ether oxygens (including phenoxy) is 3. The molecule has 0 spiro atoms. The van der Waals surface area contributed by atoms with Gasteiger partial charge in [0.05, 0.1) is 13.2 Å². The number of carbonyl (C=O) groups is 1. The lowest BCUT2D eigenvalue weighted by Gasteiger charge is -2.13. The number of halogens is 1. The van der Waals surface area contributed by atoms with E-state index in [1.54, 1.807) is 60.7 Å². The summed E-state index contributed by atoms with van der Waals surface area (Å²) < 4.78 is 30.7. The number of nitrogens with zero attached hydrogens (tertiary/aromatic N) is 1. The predicted molar refractivity (Wildman–Crippen MR) is 128 cm³/mol. The van der Waals surface area contributed by atoms with Crippen LogP contribution in [-0.2, 0) is 11.4 Å². The zero-order valence-electron chi connectivity index (χ0n) is 19.0. The fourth-order valence-electron chi connectivity index (χ4n) is 3.12. The Bertz CT molecular complexity index is 1220. The van der Waals surface area contributed by atoms with Crippen LogP contribution in [0.2, 0.25) is 0 Å². The summed E-state index contributed by atoms with van der Waals surface area (Å²) in [6.07, 6.45) is 1.46. The molecule has 0 aliphatic heterocycles. The van der Waals surface area contributed by atoms with Crippen LogP contribution in [0.5, 0.6) is 17.2 Å². The molecule has 0 aliphatic carbocycles. The molecule has 0 unspecified atom stereocenters. The predicted octanol–water partition coefficient (Wildman–Crippen LogP) is 5.75. The van der Waals surface area contributed by atoms with Crippen molar-refractivity contribution in [3.05, 3.63) is 89.2 Å². The van der Waals surface area contributed by atoms with Gasteiger partial charge in [-0.3, -0.25) is 4.79 Å². The van der Waals surface area contributed by atoms with Crippen LogP contribution in [0.25, 0.3) is 6.08 Å². The molecular weight excluding hydrogens is 435 g/mol. The van der Waals surface area contributed by atoms with E-state index in [1.165, 1.54) is 12.1 Å². The molecule has 0 radical (unpaired) electrons. The first-order valence-electron chi connectivity index (χ1n) is 10.8. The lowest BCUT2D eigenvalue weighted by Crippen LogP contribution is -2.13. The summed E-state index contributed by atoms with van der Waals surface area (Å²) in [7, 11) is 0. The van der Waals surface area contributed by atoms with Gasteiger partial charge in [0.1, 0.15) is 29.8 Å². The molecule has 0 saturated heterocycles. The number of amides is 1. The fraction of sp³-hybridized carbons (Fsp3) is 0.185. The van der Waals surface area contributed by atoms with Crippen LogP contribution >= 0.6 is 0 Å². The first-order chi connectivity index (χ1) is 16.5. The van der Waals surface area contributed by atoms with Gasteiger partial charge in [-0.25, -0.2) is 4.39 Å². The molecule has 0 atom stereocenters. The van der Waals surface area contributed by atoms with Gasteiger partial charge >= 0.3 is 0 Å². The van der Waals surface area contributed by atoms with E-state index in [0.29, 0.717) is 47.3 Å². The van der Waals surface area contributed by atoms with Gasteiger partial charge < -0.3 is 19.5 Å². The fourth-order valence-corrected chi connectivity index (χ4v) is 3.12. The minimum absolute atomic E-state index is 0.0363. The van der Waals surface area contributed by atoms with E-state index in [-0.39, 0.29) is 18.0 Å². The summed E-state index contributed by atoms with van der Waals surface area (Å²) in [5.41, 5.74) is 1.44. The van der Waals surface area contributed by atoms with E-state index in [2.05, 4.69) is 5.32 Å². The standard InChI is InChI=1S/C27H25FN2O4/c1-3-32-23-10-7-9-22(16-23)30-27(31)21(17-29)14-19-12-13-25(26(15-19)33-4-2)34-18-20-8-5-6-11-24(20)28/h5-16H,3-4,18H2,1-2H3,(H,30,31)/b21-14-. The summed E-state index contributed by atoms with van der Waals surface area (Å²) in [5, 5.41) is 12.2. The second kappa shape index (κ2) is 12.1. The number of nitrogens with one attached hydrogen (secondary N) is 1. The van der Waals surface area contributed by atoms with Gasteiger partial charge in [0, 0.05) is 17.3 Å². The van der Waals surface area contributed by atoms with Crippen LogP contribution in [0.4, 0.5) is 10.1 Å². The maximum Gasteiger partial charge on any atom is 0.266 e. The molecule has 6 nitrogen and oxygen atoms in total. The normalized spacial score (nSPS) is 10.8. The van der Waals surface area contributed by atoms with Crippen LogP contribution in [0.1, 0.15) is 25.0 Å². The lowest BCUT2D eigenvalue weighted by molar-refractivity contribution is -0.112. The average Bonchev–Trinajstić information content (AvgIpc) is 2.83. The van der Waals surface area contributed by atoms with Gasteiger partial charge in [-0.15, -0.1) is 0 Å². The number of rotatable bonds is 10. The van der Waals surface area contributed by atoms with Crippen molar-refractivity contribution in [2.75, 3.05) is 18.5 Å². The third-order valence-corrected chi connectivity index (χ3v) is 4.69. The summed E-state index contributed by atoms with van der Waals surface area (Å²) in [6.45, 7) is 4.62. The van der Waals surface area contributed by atoms with Crippen molar-refractivity contribution in [1.82, 2.24) is 0 Å². The number of nitriles is 1. The Kier molecular flexibility index (Phi) is 8.64. The zero-order chi connectivity index (χ0) is 24.3. The molecule has 0 aromatic heterocycles. The number of hydrogen-bond acceptors (Lipinski definition) is 5. The first kappa shape index (κ1) is 24.3. The smallest absolute Gasteiger partial charge is 0.266 e. The summed E-state index contributed by atoms with van der Waals surface area (Å²) in [5.74, 6) is 0.577. The first-order valence-corrected chi connectivity index (χ1v) is 10.8.